The third-order valence-electron chi connectivity index (χ3n) is 5.16. The van der Waals surface area contributed by atoms with Gasteiger partial charge in [-0.2, -0.15) is 0 Å². The van der Waals surface area contributed by atoms with E-state index in [2.05, 4.69) is 24.0 Å². The molecule has 2 heterocycles. The largest absolute Gasteiger partial charge is 0.497 e. The lowest BCUT2D eigenvalue weighted by atomic mass is 9.64. The van der Waals surface area contributed by atoms with E-state index in [4.69, 9.17) is 10.5 Å². The number of ether oxygens (including phenoxy) is 1. The minimum absolute atomic E-state index is 0.555. The summed E-state index contributed by atoms with van der Waals surface area (Å²) in [4.78, 5) is 2.63. The molecule has 4 rings (SSSR count). The lowest BCUT2D eigenvalue weighted by molar-refractivity contribution is -0.0760. The molecule has 2 bridgehead atoms. The fraction of sp³-hybridized carbons (Fsp3) is 0.625. The van der Waals surface area contributed by atoms with Gasteiger partial charge in [0.1, 0.15) is 5.75 Å². The van der Waals surface area contributed by atoms with E-state index >= 15 is 0 Å². The van der Waals surface area contributed by atoms with Crippen molar-refractivity contribution < 1.29 is 4.74 Å². The van der Waals surface area contributed by atoms with E-state index in [1.807, 2.05) is 12.1 Å². The number of benzene rings is 1. The molecule has 1 unspecified atom stereocenters. The minimum Gasteiger partial charge on any atom is -0.497 e. The lowest BCUT2D eigenvalue weighted by Gasteiger charge is -2.57. The van der Waals surface area contributed by atoms with Crippen LogP contribution in [0.25, 0.3) is 0 Å². The first kappa shape index (κ1) is 12.9. The summed E-state index contributed by atoms with van der Waals surface area (Å²) in [5, 5.41) is 0. The molecule has 3 nitrogen and oxygen atoms in total. The van der Waals surface area contributed by atoms with Gasteiger partial charge in [-0.1, -0.05) is 19.1 Å². The van der Waals surface area contributed by atoms with Crippen LogP contribution in [0.5, 0.6) is 5.75 Å². The van der Waals surface area contributed by atoms with Crippen LogP contribution in [0, 0.1) is 11.8 Å². The molecule has 0 spiro atoms. The second-order valence-electron chi connectivity index (χ2n) is 6.07. The fourth-order valence-corrected chi connectivity index (χ4v) is 3.76. The Morgan fingerprint density at radius 3 is 2.53 bits per heavy atom. The van der Waals surface area contributed by atoms with Crippen LogP contribution in [0.15, 0.2) is 24.3 Å². The SMILES string of the molecule is COc1ccc(CN2C3CC(C3)[C@H](C)C2CN)cc1. The van der Waals surface area contributed by atoms with Crippen LogP contribution >= 0.6 is 0 Å². The summed E-state index contributed by atoms with van der Waals surface area (Å²) in [6.07, 6.45) is 2.74. The molecule has 1 aliphatic carbocycles. The van der Waals surface area contributed by atoms with E-state index in [0.717, 1.165) is 36.7 Å². The minimum atomic E-state index is 0.555. The molecule has 0 radical (unpaired) electrons. The summed E-state index contributed by atoms with van der Waals surface area (Å²) >= 11 is 0. The molecule has 0 aromatic heterocycles. The summed E-state index contributed by atoms with van der Waals surface area (Å²) in [6, 6.07) is 9.74. The average Bonchev–Trinajstić information content (AvgIpc) is 2.38. The molecule has 1 aromatic carbocycles. The highest BCUT2D eigenvalue weighted by Gasteiger charge is 2.47. The van der Waals surface area contributed by atoms with Gasteiger partial charge in [0.2, 0.25) is 0 Å². The zero-order chi connectivity index (χ0) is 13.4. The van der Waals surface area contributed by atoms with Crippen LogP contribution in [0.3, 0.4) is 0 Å². The molecule has 0 amide bonds. The molecule has 2 saturated heterocycles. The number of nitrogens with two attached hydrogens (primary N) is 1. The monoisotopic (exact) mass is 260 g/mol. The number of hydrogen-bond acceptors (Lipinski definition) is 3. The summed E-state index contributed by atoms with van der Waals surface area (Å²) in [6.45, 7) is 4.18. The molecule has 2 aliphatic heterocycles. The highest BCUT2D eigenvalue weighted by atomic mass is 16.5. The summed E-state index contributed by atoms with van der Waals surface area (Å²) in [5.74, 6) is 2.59. The Morgan fingerprint density at radius 1 is 1.26 bits per heavy atom. The Balaban J connectivity index is 1.73. The Labute approximate surface area is 115 Å². The smallest absolute Gasteiger partial charge is 0.118 e. The average molecular weight is 260 g/mol. The van der Waals surface area contributed by atoms with Crippen molar-refractivity contribution in [1.82, 2.24) is 4.90 Å². The molecule has 1 aromatic rings. The van der Waals surface area contributed by atoms with Crippen molar-refractivity contribution >= 4 is 0 Å². The molecule has 2 atom stereocenters. The maximum absolute atomic E-state index is 6.00. The van der Waals surface area contributed by atoms with Gasteiger partial charge in [-0.15, -0.1) is 0 Å². The van der Waals surface area contributed by atoms with Crippen LogP contribution in [0.1, 0.15) is 25.3 Å². The zero-order valence-electron chi connectivity index (χ0n) is 11.9. The van der Waals surface area contributed by atoms with Crippen LogP contribution in [-0.2, 0) is 6.54 Å². The van der Waals surface area contributed by atoms with Gasteiger partial charge in [-0.05, 0) is 42.4 Å². The van der Waals surface area contributed by atoms with Crippen molar-refractivity contribution in [2.45, 2.75) is 38.4 Å². The number of nitrogens with zero attached hydrogens (tertiary/aromatic N) is 1. The van der Waals surface area contributed by atoms with Gasteiger partial charge in [0, 0.05) is 25.2 Å². The Bertz CT molecular complexity index is 425. The quantitative estimate of drug-likeness (QED) is 0.902. The van der Waals surface area contributed by atoms with Crippen molar-refractivity contribution in [2.75, 3.05) is 13.7 Å². The van der Waals surface area contributed by atoms with Crippen LogP contribution < -0.4 is 10.5 Å². The number of hydrogen-bond donors (Lipinski definition) is 1. The van der Waals surface area contributed by atoms with Crippen LogP contribution in [-0.4, -0.2) is 30.6 Å². The number of methoxy groups -OCH3 is 1. The first-order chi connectivity index (χ1) is 9.22. The van der Waals surface area contributed by atoms with E-state index < -0.39 is 0 Å². The summed E-state index contributed by atoms with van der Waals surface area (Å²) in [7, 11) is 1.71. The van der Waals surface area contributed by atoms with Gasteiger partial charge in [-0.25, -0.2) is 0 Å². The molecule has 1 saturated carbocycles. The Kier molecular flexibility index (Phi) is 3.50. The van der Waals surface area contributed by atoms with E-state index in [-0.39, 0.29) is 0 Å². The number of rotatable bonds is 4. The van der Waals surface area contributed by atoms with E-state index in [1.165, 1.54) is 18.4 Å². The molecular formula is C16H24N2O. The van der Waals surface area contributed by atoms with E-state index in [1.54, 1.807) is 7.11 Å². The lowest BCUT2D eigenvalue weighted by Crippen LogP contribution is -2.62. The van der Waals surface area contributed by atoms with Crippen molar-refractivity contribution in [3.05, 3.63) is 29.8 Å². The molecule has 3 aliphatic rings. The topological polar surface area (TPSA) is 38.5 Å². The van der Waals surface area contributed by atoms with Gasteiger partial charge >= 0.3 is 0 Å². The highest BCUT2D eigenvalue weighted by molar-refractivity contribution is 5.27. The molecule has 3 heteroatoms. The maximum Gasteiger partial charge on any atom is 0.118 e. The van der Waals surface area contributed by atoms with Gasteiger partial charge in [0.15, 0.2) is 0 Å². The van der Waals surface area contributed by atoms with Crippen molar-refractivity contribution in [3.8, 4) is 5.75 Å². The third kappa shape index (κ3) is 2.26. The van der Waals surface area contributed by atoms with Crippen LogP contribution in [0.4, 0.5) is 0 Å². The second kappa shape index (κ2) is 5.14. The van der Waals surface area contributed by atoms with E-state index in [0.29, 0.717) is 6.04 Å². The summed E-state index contributed by atoms with van der Waals surface area (Å²) < 4.78 is 5.21. The second-order valence-corrected chi connectivity index (χ2v) is 6.07. The fourth-order valence-electron chi connectivity index (χ4n) is 3.76. The standard InChI is InChI=1S/C16H24N2O/c1-11-13-7-14(8-13)18(16(11)9-17)10-12-3-5-15(19-2)6-4-12/h3-6,11,13-14,16H,7-10,17H2,1-2H3/t11-,13?,14?,16?/m0/s1. The van der Waals surface area contributed by atoms with Gasteiger partial charge in [0.05, 0.1) is 7.11 Å². The van der Waals surface area contributed by atoms with Crippen LogP contribution in [0.2, 0.25) is 0 Å². The first-order valence-corrected chi connectivity index (χ1v) is 7.31. The first-order valence-electron chi connectivity index (χ1n) is 7.31. The molecule has 104 valence electrons. The number of fused-ring (bicyclic) bond motifs is 2. The number of piperidine rings is 2. The maximum atomic E-state index is 6.00. The molecule has 19 heavy (non-hydrogen) atoms. The third-order valence-corrected chi connectivity index (χ3v) is 5.16. The molecule has 2 N–H and O–H groups in total. The normalized spacial score (nSPS) is 33.8. The Morgan fingerprint density at radius 2 is 1.95 bits per heavy atom. The zero-order valence-corrected chi connectivity index (χ0v) is 11.9. The summed E-state index contributed by atoms with van der Waals surface area (Å²) in [5.41, 5.74) is 7.36. The van der Waals surface area contributed by atoms with Crippen molar-refractivity contribution in [1.29, 1.82) is 0 Å². The van der Waals surface area contributed by atoms with Crippen molar-refractivity contribution in [3.63, 3.8) is 0 Å². The predicted octanol–water partition coefficient (Wildman–Crippen LogP) is 2.25. The Hall–Kier alpha value is -1.06. The van der Waals surface area contributed by atoms with Crippen molar-refractivity contribution in [2.24, 2.45) is 17.6 Å². The van der Waals surface area contributed by atoms with Gasteiger partial charge in [-0.3, -0.25) is 4.90 Å². The molecular weight excluding hydrogens is 236 g/mol. The van der Waals surface area contributed by atoms with E-state index in [9.17, 15) is 0 Å². The van der Waals surface area contributed by atoms with Gasteiger partial charge < -0.3 is 10.5 Å². The van der Waals surface area contributed by atoms with Gasteiger partial charge in [0.25, 0.3) is 0 Å². The molecule has 3 fully saturated rings. The highest BCUT2D eigenvalue weighted by Crippen LogP contribution is 2.46. The predicted molar refractivity (Wildman–Crippen MR) is 77.1 cm³/mol.